The molecule has 0 aliphatic heterocycles. The van der Waals surface area contributed by atoms with Crippen LogP contribution in [-0.4, -0.2) is 29.4 Å². The summed E-state index contributed by atoms with van der Waals surface area (Å²) in [6.45, 7) is 4.22. The number of hydrogen-bond acceptors (Lipinski definition) is 3. The van der Waals surface area contributed by atoms with Gasteiger partial charge in [0.1, 0.15) is 0 Å². The van der Waals surface area contributed by atoms with E-state index < -0.39 is 5.97 Å². The zero-order valence-corrected chi connectivity index (χ0v) is 13.6. The second-order valence-corrected chi connectivity index (χ2v) is 5.41. The van der Waals surface area contributed by atoms with Crippen LogP contribution in [0.4, 0.5) is 5.69 Å². The first-order valence-electron chi connectivity index (χ1n) is 7.86. The van der Waals surface area contributed by atoms with Gasteiger partial charge in [-0.3, -0.25) is 14.4 Å². The zero-order chi connectivity index (χ0) is 17.2. The molecule has 6 nitrogen and oxygen atoms in total. The first kappa shape index (κ1) is 18.7. The molecular weight excluding hydrogens is 296 g/mol. The van der Waals surface area contributed by atoms with Gasteiger partial charge in [-0.05, 0) is 30.2 Å². The normalized spacial score (nSPS) is 10.4. The largest absolute Gasteiger partial charge is 0.481 e. The molecule has 3 N–H and O–H groups in total. The molecular formula is C17H24N2O4. The Morgan fingerprint density at radius 1 is 1.09 bits per heavy atom. The Morgan fingerprint density at radius 3 is 2.22 bits per heavy atom. The molecule has 2 amide bonds. The fourth-order valence-corrected chi connectivity index (χ4v) is 2.14. The summed E-state index contributed by atoms with van der Waals surface area (Å²) >= 11 is 0. The molecule has 1 aromatic rings. The van der Waals surface area contributed by atoms with Gasteiger partial charge in [-0.25, -0.2) is 0 Å². The highest BCUT2D eigenvalue weighted by molar-refractivity contribution is 5.95. The maximum atomic E-state index is 11.9. The third-order valence-corrected chi connectivity index (χ3v) is 3.68. The summed E-state index contributed by atoms with van der Waals surface area (Å²) in [5.41, 5.74) is 1.07. The van der Waals surface area contributed by atoms with Crippen molar-refractivity contribution in [3.8, 4) is 0 Å². The highest BCUT2D eigenvalue weighted by Gasteiger charge is 2.11. The lowest BCUT2D eigenvalue weighted by Crippen LogP contribution is -2.26. The maximum absolute atomic E-state index is 11.9. The Bertz CT molecular complexity index is 536. The van der Waals surface area contributed by atoms with Gasteiger partial charge in [0.25, 0.3) is 5.91 Å². The fourth-order valence-electron chi connectivity index (χ4n) is 2.14. The van der Waals surface area contributed by atoms with Crippen LogP contribution in [0.2, 0.25) is 0 Å². The molecule has 1 aromatic carbocycles. The van der Waals surface area contributed by atoms with Gasteiger partial charge in [-0.2, -0.15) is 0 Å². The highest BCUT2D eigenvalue weighted by Crippen LogP contribution is 2.15. The molecule has 0 heterocycles. The minimum atomic E-state index is -0.958. The molecule has 0 bridgehead atoms. The summed E-state index contributed by atoms with van der Waals surface area (Å²) < 4.78 is 0. The summed E-state index contributed by atoms with van der Waals surface area (Å²) in [4.78, 5) is 34.1. The van der Waals surface area contributed by atoms with Crippen molar-refractivity contribution < 1.29 is 19.5 Å². The topological polar surface area (TPSA) is 95.5 Å². The van der Waals surface area contributed by atoms with Gasteiger partial charge in [0.2, 0.25) is 5.91 Å². The molecule has 0 fully saturated rings. The lowest BCUT2D eigenvalue weighted by Gasteiger charge is -2.12. The van der Waals surface area contributed by atoms with E-state index in [4.69, 9.17) is 5.11 Å². The minimum absolute atomic E-state index is 0.0302. The number of amides is 2. The van der Waals surface area contributed by atoms with Crippen LogP contribution >= 0.6 is 0 Å². The van der Waals surface area contributed by atoms with E-state index >= 15 is 0 Å². The first-order chi connectivity index (χ1) is 11.0. The minimum Gasteiger partial charge on any atom is -0.481 e. The molecule has 0 saturated carbocycles. The van der Waals surface area contributed by atoms with Gasteiger partial charge < -0.3 is 15.7 Å². The third kappa shape index (κ3) is 6.95. The Labute approximate surface area is 136 Å². The Kier molecular flexibility index (Phi) is 7.80. The van der Waals surface area contributed by atoms with E-state index in [1.807, 2.05) is 0 Å². The molecule has 0 aliphatic carbocycles. The number of carbonyl (C=O) groups is 3. The van der Waals surface area contributed by atoms with Crippen molar-refractivity contribution in [2.24, 2.45) is 5.92 Å². The Morgan fingerprint density at radius 2 is 1.70 bits per heavy atom. The highest BCUT2D eigenvalue weighted by atomic mass is 16.4. The summed E-state index contributed by atoms with van der Waals surface area (Å²) in [5.74, 6) is -0.936. The van der Waals surface area contributed by atoms with E-state index in [1.54, 1.807) is 24.3 Å². The summed E-state index contributed by atoms with van der Waals surface area (Å²) in [7, 11) is 0. The van der Waals surface area contributed by atoms with Crippen molar-refractivity contribution in [2.75, 3.05) is 11.9 Å². The summed E-state index contributed by atoms with van der Waals surface area (Å²) in [6, 6.07) is 6.53. The van der Waals surface area contributed by atoms with Gasteiger partial charge in [0, 0.05) is 24.2 Å². The van der Waals surface area contributed by atoms with E-state index in [-0.39, 0.29) is 24.8 Å². The molecule has 0 aliphatic rings. The van der Waals surface area contributed by atoms with E-state index in [0.717, 1.165) is 12.8 Å². The quantitative estimate of drug-likeness (QED) is 0.652. The fraction of sp³-hybridized carbons (Fsp3) is 0.471. The predicted molar refractivity (Wildman–Crippen MR) is 88.3 cm³/mol. The number of rotatable bonds is 9. The van der Waals surface area contributed by atoms with Crippen LogP contribution in [0.25, 0.3) is 0 Å². The molecule has 0 atom stereocenters. The van der Waals surface area contributed by atoms with Crippen molar-refractivity contribution in [1.29, 1.82) is 0 Å². The number of carbonyl (C=O) groups excluding carboxylic acids is 2. The molecule has 0 aromatic heterocycles. The number of aliphatic carboxylic acids is 1. The van der Waals surface area contributed by atoms with Crippen LogP contribution in [0.5, 0.6) is 0 Å². The van der Waals surface area contributed by atoms with Crippen LogP contribution in [0.15, 0.2) is 24.3 Å². The van der Waals surface area contributed by atoms with Gasteiger partial charge in [0.15, 0.2) is 0 Å². The molecule has 126 valence electrons. The predicted octanol–water partition coefficient (Wildman–Crippen LogP) is 2.66. The van der Waals surface area contributed by atoms with Gasteiger partial charge >= 0.3 is 5.97 Å². The van der Waals surface area contributed by atoms with Crippen molar-refractivity contribution in [1.82, 2.24) is 5.32 Å². The zero-order valence-electron chi connectivity index (χ0n) is 13.6. The van der Waals surface area contributed by atoms with Crippen LogP contribution in [0.1, 0.15) is 49.9 Å². The van der Waals surface area contributed by atoms with Crippen molar-refractivity contribution >= 4 is 23.5 Å². The van der Waals surface area contributed by atoms with Crippen LogP contribution < -0.4 is 10.6 Å². The summed E-state index contributed by atoms with van der Waals surface area (Å²) in [6.07, 6.45) is 2.32. The van der Waals surface area contributed by atoms with E-state index in [9.17, 15) is 14.4 Å². The van der Waals surface area contributed by atoms with Crippen molar-refractivity contribution in [2.45, 2.75) is 39.5 Å². The molecule has 6 heteroatoms. The molecule has 0 saturated heterocycles. The average molecular weight is 320 g/mol. The number of benzene rings is 1. The van der Waals surface area contributed by atoms with E-state index in [2.05, 4.69) is 24.5 Å². The van der Waals surface area contributed by atoms with Crippen LogP contribution in [0, 0.1) is 5.92 Å². The Hall–Kier alpha value is -2.37. The number of carboxylic acids is 1. The monoisotopic (exact) mass is 320 g/mol. The number of nitrogens with one attached hydrogen (secondary N) is 2. The first-order valence-corrected chi connectivity index (χ1v) is 7.86. The van der Waals surface area contributed by atoms with Gasteiger partial charge in [-0.1, -0.05) is 26.7 Å². The lowest BCUT2D eigenvalue weighted by atomic mass is 9.99. The number of carboxylic acid groups (broad SMARTS) is 1. The standard InChI is InChI=1S/C17H24N2O4/c1-3-12(4-2)11-15(20)19-14-7-5-13(6-8-14)17(23)18-10-9-16(21)22/h5-8,12H,3-4,9-11H2,1-2H3,(H,18,23)(H,19,20)(H,21,22). The Balaban J connectivity index is 2.51. The van der Waals surface area contributed by atoms with E-state index in [0.29, 0.717) is 23.6 Å². The van der Waals surface area contributed by atoms with Crippen LogP contribution in [0.3, 0.4) is 0 Å². The smallest absolute Gasteiger partial charge is 0.305 e. The number of hydrogen-bond donors (Lipinski definition) is 3. The van der Waals surface area contributed by atoms with Crippen molar-refractivity contribution in [3.63, 3.8) is 0 Å². The molecule has 0 spiro atoms. The van der Waals surface area contributed by atoms with E-state index in [1.165, 1.54) is 0 Å². The molecule has 1 rings (SSSR count). The second kappa shape index (κ2) is 9.61. The van der Waals surface area contributed by atoms with Crippen molar-refractivity contribution in [3.05, 3.63) is 29.8 Å². The average Bonchev–Trinajstić information content (AvgIpc) is 2.52. The van der Waals surface area contributed by atoms with Gasteiger partial charge in [0.05, 0.1) is 6.42 Å². The molecule has 23 heavy (non-hydrogen) atoms. The second-order valence-electron chi connectivity index (χ2n) is 5.41. The number of anilines is 1. The summed E-state index contributed by atoms with van der Waals surface area (Å²) in [5, 5.41) is 13.9. The third-order valence-electron chi connectivity index (χ3n) is 3.68. The lowest BCUT2D eigenvalue weighted by molar-refractivity contribution is -0.136. The van der Waals surface area contributed by atoms with Crippen LogP contribution in [-0.2, 0) is 9.59 Å². The maximum Gasteiger partial charge on any atom is 0.305 e. The van der Waals surface area contributed by atoms with Gasteiger partial charge in [-0.15, -0.1) is 0 Å². The molecule has 0 unspecified atom stereocenters. The molecule has 0 radical (unpaired) electrons. The SMILES string of the molecule is CCC(CC)CC(=O)Nc1ccc(C(=O)NCCC(=O)O)cc1.